The summed E-state index contributed by atoms with van der Waals surface area (Å²) in [6.45, 7) is 4.29. The van der Waals surface area contributed by atoms with E-state index in [1.165, 1.54) is 0 Å². The van der Waals surface area contributed by atoms with E-state index in [0.29, 0.717) is 6.54 Å². The number of aromatic amines is 1. The van der Waals surface area contributed by atoms with Crippen molar-refractivity contribution in [3.63, 3.8) is 0 Å². The molecule has 2 aromatic carbocycles. The standard InChI is InChI=1S/C22H24N2O5/c1-10-15-8-24(22-21(28)20(27)17(9-25)29-22)6-5-13(15)11(2)19-18(10)14-7-12(26)3-4-16(14)23-19/h3-7,17,20-23,25-28H,8-9H2,1-2H3/t17-,20-,21-,22+/m0/s1. The zero-order chi connectivity index (χ0) is 20.4. The van der Waals surface area contributed by atoms with Gasteiger partial charge in [-0.3, -0.25) is 0 Å². The summed E-state index contributed by atoms with van der Waals surface area (Å²) in [6.07, 6.45) is 0.115. The van der Waals surface area contributed by atoms with Crippen molar-refractivity contribution in [1.82, 2.24) is 9.88 Å². The number of aromatic hydroxyl groups is 1. The number of nitrogens with zero attached hydrogens (tertiary/aromatic N) is 1. The number of phenols is 1. The van der Waals surface area contributed by atoms with Gasteiger partial charge in [0.05, 0.1) is 12.1 Å². The van der Waals surface area contributed by atoms with Crippen LogP contribution in [0.1, 0.15) is 22.3 Å². The van der Waals surface area contributed by atoms with Gasteiger partial charge in [-0.15, -0.1) is 0 Å². The fraction of sp³-hybridized carbons (Fsp3) is 0.364. The smallest absolute Gasteiger partial charge is 0.159 e. The van der Waals surface area contributed by atoms with Crippen LogP contribution >= 0.6 is 0 Å². The summed E-state index contributed by atoms with van der Waals surface area (Å²) in [4.78, 5) is 5.33. The van der Waals surface area contributed by atoms with E-state index in [9.17, 15) is 20.4 Å². The van der Waals surface area contributed by atoms with Crippen molar-refractivity contribution >= 4 is 27.9 Å². The molecule has 7 heteroatoms. The summed E-state index contributed by atoms with van der Waals surface area (Å²) < 4.78 is 5.70. The van der Waals surface area contributed by atoms with E-state index in [1.807, 2.05) is 23.2 Å². The van der Waals surface area contributed by atoms with Crippen LogP contribution in [-0.2, 0) is 11.3 Å². The molecule has 3 heterocycles. The zero-order valence-electron chi connectivity index (χ0n) is 16.3. The van der Waals surface area contributed by atoms with Gasteiger partial charge in [0.25, 0.3) is 0 Å². The first kappa shape index (κ1) is 18.4. The monoisotopic (exact) mass is 396 g/mol. The van der Waals surface area contributed by atoms with Gasteiger partial charge in [0, 0.05) is 29.0 Å². The van der Waals surface area contributed by atoms with Gasteiger partial charge in [0.1, 0.15) is 24.1 Å². The maximum Gasteiger partial charge on any atom is 0.159 e. The van der Waals surface area contributed by atoms with E-state index < -0.39 is 24.5 Å². The molecule has 0 bridgehead atoms. The molecule has 5 N–H and O–H groups in total. The van der Waals surface area contributed by atoms with E-state index in [0.717, 1.165) is 44.1 Å². The van der Waals surface area contributed by atoms with Crippen molar-refractivity contribution < 1.29 is 25.2 Å². The van der Waals surface area contributed by atoms with Gasteiger partial charge in [-0.1, -0.05) is 0 Å². The summed E-state index contributed by atoms with van der Waals surface area (Å²) >= 11 is 0. The summed E-state index contributed by atoms with van der Waals surface area (Å²) in [5.74, 6) is 0.223. The molecule has 1 fully saturated rings. The molecule has 152 valence electrons. The predicted molar refractivity (Wildman–Crippen MR) is 109 cm³/mol. The summed E-state index contributed by atoms with van der Waals surface area (Å²) in [5.41, 5.74) is 6.46. The molecule has 2 aliphatic heterocycles. The fourth-order valence-corrected chi connectivity index (χ4v) is 4.73. The van der Waals surface area contributed by atoms with Crippen molar-refractivity contribution in [3.8, 4) is 5.75 Å². The molecule has 2 aliphatic rings. The summed E-state index contributed by atoms with van der Waals surface area (Å²) in [6, 6.07) is 5.32. The lowest BCUT2D eigenvalue weighted by Gasteiger charge is -2.33. The second-order valence-corrected chi connectivity index (χ2v) is 7.96. The number of H-pyrrole nitrogens is 1. The quantitative estimate of drug-likeness (QED) is 0.453. The molecule has 1 saturated heterocycles. The molecule has 4 atom stereocenters. The van der Waals surface area contributed by atoms with Gasteiger partial charge >= 0.3 is 0 Å². The second-order valence-electron chi connectivity index (χ2n) is 7.96. The third-order valence-corrected chi connectivity index (χ3v) is 6.33. The number of nitrogens with one attached hydrogen (secondary N) is 1. The summed E-state index contributed by atoms with van der Waals surface area (Å²) in [5, 5.41) is 41.9. The van der Waals surface area contributed by atoms with Crippen LogP contribution in [0.2, 0.25) is 0 Å². The van der Waals surface area contributed by atoms with Crippen LogP contribution in [0.25, 0.3) is 27.9 Å². The molecular weight excluding hydrogens is 372 g/mol. The number of aliphatic hydroxyl groups excluding tert-OH is 3. The molecule has 0 unspecified atom stereocenters. The van der Waals surface area contributed by atoms with Crippen molar-refractivity contribution in [3.05, 3.63) is 46.7 Å². The normalized spacial score (nSPS) is 26.6. The van der Waals surface area contributed by atoms with E-state index in [4.69, 9.17) is 4.74 Å². The Morgan fingerprint density at radius 1 is 1.17 bits per heavy atom. The number of rotatable bonds is 2. The zero-order valence-corrected chi connectivity index (χ0v) is 16.3. The molecule has 7 nitrogen and oxygen atoms in total. The number of phenolic OH excluding ortho intramolecular Hbond substituents is 1. The number of aromatic nitrogens is 1. The third kappa shape index (κ3) is 2.59. The Labute approximate surface area is 167 Å². The second kappa shape index (κ2) is 6.47. The number of benzene rings is 2. The van der Waals surface area contributed by atoms with Gasteiger partial charge in [-0.2, -0.15) is 0 Å². The molecule has 0 radical (unpaired) electrons. The maximum absolute atomic E-state index is 10.4. The number of fused-ring (bicyclic) bond motifs is 4. The number of aliphatic hydroxyl groups is 3. The van der Waals surface area contributed by atoms with Gasteiger partial charge in [0.15, 0.2) is 6.23 Å². The van der Waals surface area contributed by atoms with Gasteiger partial charge in [0.2, 0.25) is 0 Å². The average molecular weight is 396 g/mol. The molecule has 0 spiro atoms. The van der Waals surface area contributed by atoms with Crippen molar-refractivity contribution in [2.75, 3.05) is 6.61 Å². The van der Waals surface area contributed by atoms with Crippen LogP contribution in [0.15, 0.2) is 24.4 Å². The Kier molecular flexibility index (Phi) is 4.11. The fourth-order valence-electron chi connectivity index (χ4n) is 4.73. The molecule has 3 aromatic rings. The number of aryl methyl sites for hydroxylation is 2. The number of ether oxygens (including phenoxy) is 1. The first-order valence-electron chi connectivity index (χ1n) is 9.73. The van der Waals surface area contributed by atoms with E-state index in [2.05, 4.69) is 18.8 Å². The highest BCUT2D eigenvalue weighted by atomic mass is 16.6. The van der Waals surface area contributed by atoms with Gasteiger partial charge in [-0.05, 0) is 60.4 Å². The Balaban J connectivity index is 1.62. The molecule has 0 amide bonds. The topological polar surface area (TPSA) is 109 Å². The van der Waals surface area contributed by atoms with E-state index >= 15 is 0 Å². The lowest BCUT2D eigenvalue weighted by molar-refractivity contribution is -0.0826. The van der Waals surface area contributed by atoms with Gasteiger partial charge < -0.3 is 35.0 Å². The Bertz CT molecular complexity index is 1150. The third-order valence-electron chi connectivity index (χ3n) is 6.33. The Morgan fingerprint density at radius 2 is 1.97 bits per heavy atom. The number of hydrogen-bond donors (Lipinski definition) is 5. The van der Waals surface area contributed by atoms with Gasteiger partial charge in [-0.25, -0.2) is 0 Å². The SMILES string of the molecule is Cc1c2c(c(C)c3c1[nH]c1ccc(O)cc13)CN([C@@H]1O[C@@H](CO)[C@H](O)[C@@H]1O)C=C2. The van der Waals surface area contributed by atoms with Crippen LogP contribution in [0.5, 0.6) is 5.75 Å². The minimum absolute atomic E-state index is 0.223. The Morgan fingerprint density at radius 3 is 2.69 bits per heavy atom. The first-order valence-corrected chi connectivity index (χ1v) is 9.73. The average Bonchev–Trinajstić information content (AvgIpc) is 3.24. The van der Waals surface area contributed by atoms with Crippen molar-refractivity contribution in [2.45, 2.75) is 44.9 Å². The Hall–Kier alpha value is -2.58. The minimum Gasteiger partial charge on any atom is -0.508 e. The highest BCUT2D eigenvalue weighted by Crippen LogP contribution is 2.39. The lowest BCUT2D eigenvalue weighted by atomic mass is 9.90. The van der Waals surface area contributed by atoms with E-state index in [1.54, 1.807) is 12.1 Å². The van der Waals surface area contributed by atoms with Crippen molar-refractivity contribution in [2.24, 2.45) is 0 Å². The molecule has 0 saturated carbocycles. The molecule has 0 aliphatic carbocycles. The van der Waals surface area contributed by atoms with Crippen molar-refractivity contribution in [1.29, 1.82) is 0 Å². The van der Waals surface area contributed by atoms with Crippen LogP contribution in [0, 0.1) is 13.8 Å². The van der Waals surface area contributed by atoms with E-state index in [-0.39, 0.29) is 12.4 Å². The molecule has 29 heavy (non-hydrogen) atoms. The van der Waals surface area contributed by atoms with Crippen LogP contribution in [0.3, 0.4) is 0 Å². The van der Waals surface area contributed by atoms with Crippen LogP contribution in [0.4, 0.5) is 0 Å². The molecule has 5 rings (SSSR count). The molecular formula is C22H24N2O5. The largest absolute Gasteiger partial charge is 0.508 e. The lowest BCUT2D eigenvalue weighted by Crippen LogP contribution is -2.42. The predicted octanol–water partition coefficient (Wildman–Crippen LogP) is 1.87. The first-order chi connectivity index (χ1) is 13.9. The highest BCUT2D eigenvalue weighted by Gasteiger charge is 2.45. The summed E-state index contributed by atoms with van der Waals surface area (Å²) in [7, 11) is 0. The minimum atomic E-state index is -1.12. The highest BCUT2D eigenvalue weighted by molar-refractivity contribution is 6.11. The molecule has 1 aromatic heterocycles. The number of hydrogen-bond acceptors (Lipinski definition) is 6. The van der Waals surface area contributed by atoms with Crippen LogP contribution in [-0.4, -0.2) is 61.5 Å². The van der Waals surface area contributed by atoms with Crippen LogP contribution < -0.4 is 0 Å². The maximum atomic E-state index is 10.4.